The summed E-state index contributed by atoms with van der Waals surface area (Å²) in [6.45, 7) is 1.52. The quantitative estimate of drug-likeness (QED) is 0.661. The summed E-state index contributed by atoms with van der Waals surface area (Å²) in [5.74, 6) is -1.09. The van der Waals surface area contributed by atoms with E-state index in [1.165, 1.54) is 28.9 Å². The van der Waals surface area contributed by atoms with Crippen LogP contribution in [-0.2, 0) is 7.05 Å². The lowest BCUT2D eigenvalue weighted by molar-refractivity contribution is 0.0915. The summed E-state index contributed by atoms with van der Waals surface area (Å²) < 4.78 is 15.1. The van der Waals surface area contributed by atoms with Gasteiger partial charge in [-0.1, -0.05) is 18.2 Å². The standard InChI is InChI=1S/C17H17FN4O3/c1-9-7-11(14-15(20-9)22(2)21-17(14)25)16(24)19-8-13(23)10-5-3-4-6-12(10)18/h3-7,13,23H,8H2,1-2H3,(H,19,24)(H,21,25). The minimum absolute atomic E-state index is 0.0939. The molecule has 1 atom stereocenters. The minimum atomic E-state index is -1.20. The van der Waals surface area contributed by atoms with Gasteiger partial charge in [0.15, 0.2) is 5.65 Å². The van der Waals surface area contributed by atoms with Crippen LogP contribution in [0.15, 0.2) is 35.1 Å². The van der Waals surface area contributed by atoms with E-state index < -0.39 is 23.4 Å². The van der Waals surface area contributed by atoms with Gasteiger partial charge in [0.25, 0.3) is 11.5 Å². The molecule has 0 aliphatic carbocycles. The van der Waals surface area contributed by atoms with E-state index in [1.54, 1.807) is 20.0 Å². The first kappa shape index (κ1) is 16.8. The molecule has 1 unspecified atom stereocenters. The first-order chi connectivity index (χ1) is 11.9. The fourth-order valence-corrected chi connectivity index (χ4v) is 2.70. The maximum atomic E-state index is 13.7. The number of nitrogens with zero attached hydrogens (tertiary/aromatic N) is 2. The number of carbonyl (C=O) groups is 1. The molecule has 0 saturated carbocycles. The highest BCUT2D eigenvalue weighted by atomic mass is 19.1. The monoisotopic (exact) mass is 344 g/mol. The van der Waals surface area contributed by atoms with Crippen LogP contribution in [0, 0.1) is 12.7 Å². The molecule has 0 fully saturated rings. The van der Waals surface area contributed by atoms with Crippen LogP contribution in [0.5, 0.6) is 0 Å². The van der Waals surface area contributed by atoms with Crippen molar-refractivity contribution in [1.29, 1.82) is 0 Å². The van der Waals surface area contributed by atoms with Crippen molar-refractivity contribution in [3.05, 3.63) is 63.3 Å². The zero-order valence-electron chi connectivity index (χ0n) is 13.7. The maximum Gasteiger partial charge on any atom is 0.274 e. The van der Waals surface area contributed by atoms with Gasteiger partial charge in [-0.3, -0.25) is 19.4 Å². The summed E-state index contributed by atoms with van der Waals surface area (Å²) in [7, 11) is 1.62. The number of aliphatic hydroxyl groups excluding tert-OH is 1. The van der Waals surface area contributed by atoms with E-state index >= 15 is 0 Å². The van der Waals surface area contributed by atoms with Gasteiger partial charge in [-0.15, -0.1) is 0 Å². The van der Waals surface area contributed by atoms with Gasteiger partial charge in [-0.2, -0.15) is 0 Å². The Balaban J connectivity index is 1.86. The number of hydrogen-bond acceptors (Lipinski definition) is 4. The van der Waals surface area contributed by atoms with Crippen molar-refractivity contribution in [3.63, 3.8) is 0 Å². The van der Waals surface area contributed by atoms with Crippen molar-refractivity contribution in [3.8, 4) is 0 Å². The number of fused-ring (bicyclic) bond motifs is 1. The van der Waals surface area contributed by atoms with Crippen LogP contribution < -0.4 is 10.9 Å². The van der Waals surface area contributed by atoms with Crippen molar-refractivity contribution >= 4 is 16.9 Å². The van der Waals surface area contributed by atoms with Gasteiger partial charge in [0.2, 0.25) is 0 Å². The third-order valence-corrected chi connectivity index (χ3v) is 3.91. The van der Waals surface area contributed by atoms with E-state index in [2.05, 4.69) is 15.4 Å². The Labute approximate surface area is 142 Å². The number of aromatic amines is 1. The second-order valence-corrected chi connectivity index (χ2v) is 5.76. The van der Waals surface area contributed by atoms with Gasteiger partial charge in [0.1, 0.15) is 5.82 Å². The first-order valence-electron chi connectivity index (χ1n) is 7.65. The Morgan fingerprint density at radius 1 is 1.44 bits per heavy atom. The van der Waals surface area contributed by atoms with Crippen LogP contribution in [0.4, 0.5) is 4.39 Å². The molecule has 25 heavy (non-hydrogen) atoms. The summed E-state index contributed by atoms with van der Waals surface area (Å²) in [5, 5.41) is 15.3. The van der Waals surface area contributed by atoms with Crippen molar-refractivity contribution < 1.29 is 14.3 Å². The van der Waals surface area contributed by atoms with Crippen LogP contribution in [-0.4, -0.2) is 32.3 Å². The van der Waals surface area contributed by atoms with Crippen LogP contribution in [0.2, 0.25) is 0 Å². The van der Waals surface area contributed by atoms with E-state index in [0.29, 0.717) is 11.3 Å². The van der Waals surface area contributed by atoms with Crippen molar-refractivity contribution in [2.24, 2.45) is 7.05 Å². The summed E-state index contributed by atoms with van der Waals surface area (Å²) in [5.41, 5.74) is 0.762. The molecule has 0 radical (unpaired) electrons. The molecule has 3 aromatic rings. The predicted molar refractivity (Wildman–Crippen MR) is 89.8 cm³/mol. The second kappa shape index (κ2) is 6.48. The molecular weight excluding hydrogens is 327 g/mol. The Bertz CT molecular complexity index is 1010. The van der Waals surface area contributed by atoms with E-state index in [1.807, 2.05) is 0 Å². The molecule has 7 nitrogen and oxygen atoms in total. The minimum Gasteiger partial charge on any atom is -0.386 e. The zero-order chi connectivity index (χ0) is 18.1. The fourth-order valence-electron chi connectivity index (χ4n) is 2.70. The van der Waals surface area contributed by atoms with Crippen LogP contribution in [0.1, 0.15) is 27.7 Å². The van der Waals surface area contributed by atoms with Crippen LogP contribution in [0.3, 0.4) is 0 Å². The Morgan fingerprint density at radius 2 is 2.16 bits per heavy atom. The first-order valence-corrected chi connectivity index (χ1v) is 7.65. The second-order valence-electron chi connectivity index (χ2n) is 5.76. The molecule has 0 saturated heterocycles. The number of hydrogen-bond donors (Lipinski definition) is 3. The van der Waals surface area contributed by atoms with Crippen molar-refractivity contribution in [2.45, 2.75) is 13.0 Å². The predicted octanol–water partition coefficient (Wildman–Crippen LogP) is 1.17. The molecule has 3 rings (SSSR count). The molecule has 130 valence electrons. The Morgan fingerprint density at radius 3 is 2.88 bits per heavy atom. The lowest BCUT2D eigenvalue weighted by atomic mass is 10.1. The highest BCUT2D eigenvalue weighted by Gasteiger charge is 2.19. The van der Waals surface area contributed by atoms with Gasteiger partial charge in [0, 0.05) is 24.8 Å². The summed E-state index contributed by atoms with van der Waals surface area (Å²) in [4.78, 5) is 28.8. The SMILES string of the molecule is Cc1cc(C(=O)NCC(O)c2ccccc2F)c2c(=O)[nH]n(C)c2n1. The van der Waals surface area contributed by atoms with Gasteiger partial charge < -0.3 is 10.4 Å². The number of aryl methyl sites for hydroxylation is 2. The van der Waals surface area contributed by atoms with Crippen LogP contribution >= 0.6 is 0 Å². The van der Waals surface area contributed by atoms with E-state index in [-0.39, 0.29) is 23.1 Å². The van der Waals surface area contributed by atoms with E-state index in [4.69, 9.17) is 0 Å². The summed E-state index contributed by atoms with van der Waals surface area (Å²) in [6.07, 6.45) is -1.20. The lowest BCUT2D eigenvalue weighted by Gasteiger charge is -2.13. The average Bonchev–Trinajstić information content (AvgIpc) is 2.86. The molecule has 1 aromatic carbocycles. The molecule has 2 aromatic heterocycles. The highest BCUT2D eigenvalue weighted by Crippen LogP contribution is 2.17. The number of carbonyl (C=O) groups excluding carboxylic acids is 1. The molecule has 0 spiro atoms. The van der Waals surface area contributed by atoms with Gasteiger partial charge in [0.05, 0.1) is 17.1 Å². The van der Waals surface area contributed by atoms with Gasteiger partial charge in [-0.05, 0) is 19.1 Å². The van der Waals surface area contributed by atoms with Crippen LogP contribution in [0.25, 0.3) is 11.0 Å². The molecule has 0 bridgehead atoms. The number of pyridine rings is 1. The molecule has 8 heteroatoms. The largest absolute Gasteiger partial charge is 0.386 e. The summed E-state index contributed by atoms with van der Waals surface area (Å²) >= 11 is 0. The molecule has 1 amide bonds. The maximum absolute atomic E-state index is 13.7. The molecular formula is C17H17FN4O3. The number of aromatic nitrogens is 3. The molecule has 2 heterocycles. The normalized spacial score (nSPS) is 12.3. The highest BCUT2D eigenvalue weighted by molar-refractivity contribution is 6.05. The third kappa shape index (κ3) is 3.16. The number of H-pyrrole nitrogens is 1. The fraction of sp³-hybridized carbons (Fsp3) is 0.235. The number of halogens is 1. The van der Waals surface area contributed by atoms with Gasteiger partial charge in [-0.25, -0.2) is 9.37 Å². The number of aliphatic hydroxyl groups is 1. The van der Waals surface area contributed by atoms with Gasteiger partial charge >= 0.3 is 0 Å². The van der Waals surface area contributed by atoms with E-state index in [9.17, 15) is 19.1 Å². The average molecular weight is 344 g/mol. The number of benzene rings is 1. The number of amides is 1. The topological polar surface area (TPSA) is 100 Å². The number of rotatable bonds is 4. The number of nitrogens with one attached hydrogen (secondary N) is 2. The molecule has 0 aliphatic rings. The van der Waals surface area contributed by atoms with Crippen molar-refractivity contribution in [2.75, 3.05) is 6.54 Å². The molecule has 0 aliphatic heterocycles. The Kier molecular flexibility index (Phi) is 4.37. The zero-order valence-corrected chi connectivity index (χ0v) is 13.7. The Hall–Kier alpha value is -3.00. The smallest absolute Gasteiger partial charge is 0.274 e. The van der Waals surface area contributed by atoms with Crippen molar-refractivity contribution in [1.82, 2.24) is 20.1 Å². The molecule has 3 N–H and O–H groups in total. The van der Waals surface area contributed by atoms with E-state index in [0.717, 1.165) is 0 Å². The lowest BCUT2D eigenvalue weighted by Crippen LogP contribution is -2.29. The summed E-state index contributed by atoms with van der Waals surface area (Å²) in [6, 6.07) is 7.30. The third-order valence-electron chi connectivity index (χ3n) is 3.91.